The molecule has 0 spiro atoms. The van der Waals surface area contributed by atoms with Gasteiger partial charge in [-0.05, 0) is 13.8 Å². The molecule has 0 saturated carbocycles. The van der Waals surface area contributed by atoms with Gasteiger partial charge in [0.05, 0.1) is 5.54 Å². The lowest BCUT2D eigenvalue weighted by atomic mass is 10.0. The van der Waals surface area contributed by atoms with E-state index in [4.69, 9.17) is 5.21 Å². The molecule has 0 aliphatic carbocycles. The Kier molecular flexibility index (Phi) is 3.24. The first-order valence-corrected chi connectivity index (χ1v) is 4.49. The van der Waals surface area contributed by atoms with Crippen LogP contribution in [-0.2, 0) is 4.79 Å². The lowest BCUT2D eigenvalue weighted by molar-refractivity contribution is -0.140. The van der Waals surface area contributed by atoms with Gasteiger partial charge in [0.2, 0.25) is 0 Å². The van der Waals surface area contributed by atoms with Crippen LogP contribution in [-0.4, -0.2) is 47.7 Å². The molecule has 1 fully saturated rings. The van der Waals surface area contributed by atoms with Gasteiger partial charge >= 0.3 is 0 Å². The van der Waals surface area contributed by atoms with E-state index < -0.39 is 5.54 Å². The van der Waals surface area contributed by atoms with E-state index in [-0.39, 0.29) is 5.91 Å². The monoisotopic (exact) mass is 187 g/mol. The van der Waals surface area contributed by atoms with Crippen LogP contribution in [0.3, 0.4) is 0 Å². The zero-order valence-corrected chi connectivity index (χ0v) is 8.13. The molecule has 0 aromatic rings. The highest BCUT2D eigenvalue weighted by Gasteiger charge is 2.34. The molecule has 1 heterocycles. The number of piperazine rings is 1. The second-order valence-corrected chi connectivity index (χ2v) is 3.74. The molecular weight excluding hydrogens is 170 g/mol. The van der Waals surface area contributed by atoms with E-state index in [1.807, 2.05) is 13.8 Å². The summed E-state index contributed by atoms with van der Waals surface area (Å²) in [5.41, 5.74) is 1.07. The molecule has 1 aliphatic rings. The Morgan fingerprint density at radius 2 is 2.00 bits per heavy atom. The minimum atomic E-state index is -0.628. The predicted octanol–water partition coefficient (Wildman–Crippen LogP) is -0.824. The summed E-state index contributed by atoms with van der Waals surface area (Å²) in [5, 5.41) is 11.8. The van der Waals surface area contributed by atoms with E-state index >= 15 is 0 Å². The van der Waals surface area contributed by atoms with Gasteiger partial charge < -0.3 is 5.32 Å². The van der Waals surface area contributed by atoms with Crippen LogP contribution >= 0.6 is 0 Å². The molecule has 13 heavy (non-hydrogen) atoms. The van der Waals surface area contributed by atoms with Gasteiger partial charge in [0.1, 0.15) is 0 Å². The predicted molar refractivity (Wildman–Crippen MR) is 48.5 cm³/mol. The largest absolute Gasteiger partial charge is 0.314 e. The Morgan fingerprint density at radius 1 is 1.46 bits per heavy atom. The zero-order valence-electron chi connectivity index (χ0n) is 8.13. The Labute approximate surface area is 78.1 Å². The third-order valence-corrected chi connectivity index (χ3v) is 2.56. The van der Waals surface area contributed by atoms with E-state index in [1.165, 1.54) is 0 Å². The number of carbonyl (C=O) groups excluding carboxylic acids is 1. The number of nitrogens with one attached hydrogen (secondary N) is 2. The van der Waals surface area contributed by atoms with Gasteiger partial charge in [0.15, 0.2) is 0 Å². The van der Waals surface area contributed by atoms with Crippen molar-refractivity contribution in [2.24, 2.45) is 0 Å². The summed E-state index contributed by atoms with van der Waals surface area (Å²) in [6, 6.07) is 0. The summed E-state index contributed by atoms with van der Waals surface area (Å²) in [7, 11) is 0. The van der Waals surface area contributed by atoms with Crippen molar-refractivity contribution in [3.8, 4) is 0 Å². The molecule has 5 nitrogen and oxygen atoms in total. The first-order valence-electron chi connectivity index (χ1n) is 4.49. The lowest BCUT2D eigenvalue weighted by Gasteiger charge is -2.39. The van der Waals surface area contributed by atoms with Crippen molar-refractivity contribution >= 4 is 5.91 Å². The van der Waals surface area contributed by atoms with Gasteiger partial charge in [0.25, 0.3) is 5.91 Å². The molecule has 1 amide bonds. The van der Waals surface area contributed by atoms with Gasteiger partial charge in [0, 0.05) is 26.2 Å². The molecule has 5 heteroatoms. The van der Waals surface area contributed by atoms with Gasteiger partial charge in [-0.15, -0.1) is 0 Å². The van der Waals surface area contributed by atoms with E-state index in [9.17, 15) is 4.79 Å². The summed E-state index contributed by atoms with van der Waals surface area (Å²) in [4.78, 5) is 13.4. The molecule has 0 atom stereocenters. The van der Waals surface area contributed by atoms with Gasteiger partial charge in [-0.1, -0.05) is 0 Å². The van der Waals surface area contributed by atoms with Crippen molar-refractivity contribution in [3.05, 3.63) is 0 Å². The molecule has 1 aliphatic heterocycles. The Morgan fingerprint density at radius 3 is 2.46 bits per heavy atom. The van der Waals surface area contributed by atoms with Crippen LogP contribution in [0.5, 0.6) is 0 Å². The fourth-order valence-electron chi connectivity index (χ4n) is 1.50. The van der Waals surface area contributed by atoms with E-state index in [0.29, 0.717) is 0 Å². The molecule has 0 bridgehead atoms. The van der Waals surface area contributed by atoms with Gasteiger partial charge in [-0.2, -0.15) is 0 Å². The normalized spacial score (nSPS) is 19.9. The highest BCUT2D eigenvalue weighted by Crippen LogP contribution is 2.14. The summed E-state index contributed by atoms with van der Waals surface area (Å²) < 4.78 is 0. The molecular formula is C8H17N3O2. The van der Waals surface area contributed by atoms with Crippen LogP contribution in [0.1, 0.15) is 13.8 Å². The molecule has 0 unspecified atom stereocenters. The Bertz CT molecular complexity index is 188. The van der Waals surface area contributed by atoms with Crippen molar-refractivity contribution in [2.45, 2.75) is 19.4 Å². The number of hydrogen-bond donors (Lipinski definition) is 3. The summed E-state index contributed by atoms with van der Waals surface area (Å²) in [5.74, 6) is -0.352. The molecule has 0 aromatic heterocycles. The van der Waals surface area contributed by atoms with Crippen LogP contribution in [0, 0.1) is 0 Å². The number of hydroxylamine groups is 1. The van der Waals surface area contributed by atoms with Crippen molar-refractivity contribution < 1.29 is 10.0 Å². The van der Waals surface area contributed by atoms with E-state index in [0.717, 1.165) is 26.2 Å². The third kappa shape index (κ3) is 2.18. The minimum absolute atomic E-state index is 0.352. The second-order valence-electron chi connectivity index (χ2n) is 3.74. The average molecular weight is 187 g/mol. The van der Waals surface area contributed by atoms with Crippen LogP contribution in [0.15, 0.2) is 0 Å². The first kappa shape index (κ1) is 10.4. The van der Waals surface area contributed by atoms with Crippen molar-refractivity contribution in [2.75, 3.05) is 26.2 Å². The molecule has 3 N–H and O–H groups in total. The van der Waals surface area contributed by atoms with Crippen LogP contribution in [0.2, 0.25) is 0 Å². The number of rotatable bonds is 2. The maximum atomic E-state index is 11.3. The Balaban J connectivity index is 2.60. The zero-order chi connectivity index (χ0) is 9.90. The molecule has 0 radical (unpaired) electrons. The summed E-state index contributed by atoms with van der Waals surface area (Å²) in [6.07, 6.45) is 0. The number of nitrogens with zero attached hydrogens (tertiary/aromatic N) is 1. The maximum absolute atomic E-state index is 11.3. The quantitative estimate of drug-likeness (QED) is 0.390. The maximum Gasteiger partial charge on any atom is 0.263 e. The van der Waals surface area contributed by atoms with Crippen LogP contribution in [0.4, 0.5) is 0 Å². The molecule has 1 rings (SSSR count). The lowest BCUT2D eigenvalue weighted by Crippen LogP contribution is -2.59. The molecule has 0 aromatic carbocycles. The number of hydrogen-bond acceptors (Lipinski definition) is 4. The van der Waals surface area contributed by atoms with Gasteiger partial charge in [-0.3, -0.25) is 14.9 Å². The van der Waals surface area contributed by atoms with E-state index in [2.05, 4.69) is 10.2 Å². The number of carbonyl (C=O) groups is 1. The topological polar surface area (TPSA) is 64.6 Å². The summed E-state index contributed by atoms with van der Waals surface area (Å²) >= 11 is 0. The fraction of sp³-hybridized carbons (Fsp3) is 0.875. The Hall–Kier alpha value is -0.650. The molecule has 1 saturated heterocycles. The minimum Gasteiger partial charge on any atom is -0.314 e. The smallest absolute Gasteiger partial charge is 0.263 e. The second kappa shape index (κ2) is 4.04. The SMILES string of the molecule is CC(C)(C(=O)NO)N1CCNCC1. The van der Waals surface area contributed by atoms with Gasteiger partial charge in [-0.25, -0.2) is 5.48 Å². The van der Waals surface area contributed by atoms with Crippen molar-refractivity contribution in [1.29, 1.82) is 0 Å². The van der Waals surface area contributed by atoms with Crippen molar-refractivity contribution in [3.63, 3.8) is 0 Å². The van der Waals surface area contributed by atoms with E-state index in [1.54, 1.807) is 5.48 Å². The molecule has 76 valence electrons. The number of amides is 1. The highest BCUT2D eigenvalue weighted by molar-refractivity contribution is 5.84. The highest BCUT2D eigenvalue weighted by atomic mass is 16.5. The standard InChI is InChI=1S/C8H17N3O2/c1-8(2,7(12)10-13)11-5-3-9-4-6-11/h9,13H,3-6H2,1-2H3,(H,10,12). The third-order valence-electron chi connectivity index (χ3n) is 2.56. The van der Waals surface area contributed by atoms with Crippen LogP contribution in [0.25, 0.3) is 0 Å². The van der Waals surface area contributed by atoms with Crippen LogP contribution < -0.4 is 10.8 Å². The average Bonchev–Trinajstić information content (AvgIpc) is 2.18. The summed E-state index contributed by atoms with van der Waals surface area (Å²) in [6.45, 7) is 7.07. The fourth-order valence-corrected chi connectivity index (χ4v) is 1.50. The van der Waals surface area contributed by atoms with Crippen molar-refractivity contribution in [1.82, 2.24) is 15.7 Å². The first-order chi connectivity index (χ1) is 6.09.